The van der Waals surface area contributed by atoms with Crippen LogP contribution >= 0.6 is 11.8 Å². The summed E-state index contributed by atoms with van der Waals surface area (Å²) >= 11 is 1.62. The molecule has 0 saturated heterocycles. The highest BCUT2D eigenvalue weighted by Crippen LogP contribution is 2.47. The van der Waals surface area contributed by atoms with Gasteiger partial charge in [0.2, 0.25) is 0 Å². The summed E-state index contributed by atoms with van der Waals surface area (Å²) in [4.78, 5) is 36.0. The molecule has 9 heteroatoms. The second-order valence-corrected chi connectivity index (χ2v) is 7.06. The predicted octanol–water partition coefficient (Wildman–Crippen LogP) is 2.31. The molecule has 1 aliphatic rings. The van der Waals surface area contributed by atoms with E-state index in [1.54, 1.807) is 31.9 Å². The quantitative estimate of drug-likeness (QED) is 0.657. The van der Waals surface area contributed by atoms with E-state index >= 15 is 0 Å². The molecule has 0 atom stereocenters. The first-order chi connectivity index (χ1) is 13.1. The van der Waals surface area contributed by atoms with E-state index in [-0.39, 0.29) is 5.78 Å². The number of rotatable bonds is 7. The van der Waals surface area contributed by atoms with E-state index in [1.807, 2.05) is 26.2 Å². The number of likely N-dealkylation sites (N-methyl/N-ethyl adjacent to an activating group) is 1. The molecule has 0 aromatic heterocycles. The molecule has 0 fully saturated rings. The van der Waals surface area contributed by atoms with E-state index in [0.29, 0.717) is 12.2 Å². The van der Waals surface area contributed by atoms with Crippen molar-refractivity contribution in [3.8, 4) is 5.75 Å². The molecule has 0 amide bonds. The molecular weight excluding hydrogens is 384 g/mol. The summed E-state index contributed by atoms with van der Waals surface area (Å²) in [5.41, 5.74) is 1.14. The van der Waals surface area contributed by atoms with Crippen molar-refractivity contribution < 1.29 is 29.3 Å². The number of allylic oxidation sites excluding steroid dienone is 1. The number of benzene rings is 1. The molecule has 0 radical (unpaired) electrons. The van der Waals surface area contributed by atoms with E-state index in [9.17, 15) is 14.4 Å². The van der Waals surface area contributed by atoms with Crippen LogP contribution in [0, 0.1) is 0 Å². The van der Waals surface area contributed by atoms with Gasteiger partial charge in [-0.05, 0) is 39.2 Å². The lowest BCUT2D eigenvalue weighted by atomic mass is 10.2. The van der Waals surface area contributed by atoms with Gasteiger partial charge in [-0.3, -0.25) is 4.79 Å². The maximum atomic E-state index is 11.4. The summed E-state index contributed by atoms with van der Waals surface area (Å²) in [6.45, 7) is 3.38. The Kier molecular flexibility index (Phi) is 9.26. The Bertz CT molecular complexity index is 773. The average Bonchev–Trinajstić information content (AvgIpc) is 2.93. The lowest BCUT2D eigenvalue weighted by Gasteiger charge is -2.22. The monoisotopic (exact) mass is 408 g/mol. The van der Waals surface area contributed by atoms with Crippen LogP contribution in [-0.2, 0) is 14.4 Å². The largest absolute Gasteiger partial charge is 0.497 e. The lowest BCUT2D eigenvalue weighted by Crippen LogP contribution is -2.28. The molecule has 0 unspecified atom stereocenters. The number of aliphatic carboxylic acids is 2. The van der Waals surface area contributed by atoms with Crippen molar-refractivity contribution in [2.24, 2.45) is 0 Å². The third-order valence-electron chi connectivity index (χ3n) is 3.40. The molecule has 0 aliphatic carbocycles. The van der Waals surface area contributed by atoms with E-state index < -0.39 is 11.9 Å². The maximum Gasteiger partial charge on any atom is 0.328 e. The summed E-state index contributed by atoms with van der Waals surface area (Å²) in [5.74, 6) is -1.60. The molecule has 0 saturated carbocycles. The fourth-order valence-corrected chi connectivity index (χ4v) is 3.38. The van der Waals surface area contributed by atoms with Crippen LogP contribution in [0.25, 0.3) is 0 Å². The Morgan fingerprint density at radius 1 is 1.18 bits per heavy atom. The van der Waals surface area contributed by atoms with Gasteiger partial charge >= 0.3 is 11.9 Å². The zero-order valence-corrected chi connectivity index (χ0v) is 17.0. The Balaban J connectivity index is 0.000000416. The molecular formula is C19H24N2O6S. The normalized spacial score (nSPS) is 14.0. The van der Waals surface area contributed by atoms with Gasteiger partial charge in [0, 0.05) is 36.2 Å². The SMILES string of the molecule is COc1ccc2c(c1)S/C(=C\C(C)=O)N2CCN(C)C.O=C(O)/C=C/C(=O)O. The van der Waals surface area contributed by atoms with Gasteiger partial charge in [0.25, 0.3) is 0 Å². The third kappa shape index (κ3) is 7.85. The van der Waals surface area contributed by atoms with Crippen LogP contribution in [-0.4, -0.2) is 67.1 Å². The van der Waals surface area contributed by atoms with Crippen LogP contribution in [0.5, 0.6) is 5.75 Å². The number of hydrogen-bond acceptors (Lipinski definition) is 7. The number of methoxy groups -OCH3 is 1. The van der Waals surface area contributed by atoms with Crippen molar-refractivity contribution in [1.82, 2.24) is 4.90 Å². The summed E-state index contributed by atoms with van der Waals surface area (Å²) in [6, 6.07) is 6.03. The van der Waals surface area contributed by atoms with Crippen molar-refractivity contribution in [2.45, 2.75) is 11.8 Å². The van der Waals surface area contributed by atoms with Crippen molar-refractivity contribution in [3.05, 3.63) is 41.5 Å². The highest BCUT2D eigenvalue weighted by Gasteiger charge is 2.25. The topological polar surface area (TPSA) is 107 Å². The standard InChI is InChI=1S/C15H20N2O2S.C4H4O4/c1-11(18)9-15-17(8-7-16(2)3)13-6-5-12(19-4)10-14(13)20-15;5-3(6)1-2-4(7)8/h5-6,9-10H,7-8H2,1-4H3;1-2H,(H,5,6)(H,7,8)/b15-9-;2-1+. The van der Waals surface area contributed by atoms with Crippen molar-refractivity contribution in [1.29, 1.82) is 0 Å². The first-order valence-corrected chi connectivity index (χ1v) is 9.10. The number of nitrogens with zero attached hydrogens (tertiary/aromatic N) is 2. The molecule has 0 bridgehead atoms. The second-order valence-electron chi connectivity index (χ2n) is 5.99. The summed E-state index contributed by atoms with van der Waals surface area (Å²) in [5, 5.41) is 16.6. The van der Waals surface area contributed by atoms with Crippen molar-refractivity contribution in [2.75, 3.05) is 39.2 Å². The lowest BCUT2D eigenvalue weighted by molar-refractivity contribution is -0.134. The number of carbonyl (C=O) groups is 3. The minimum absolute atomic E-state index is 0.0714. The van der Waals surface area contributed by atoms with Crippen LogP contribution in [0.3, 0.4) is 0 Å². The summed E-state index contributed by atoms with van der Waals surface area (Å²) in [7, 11) is 5.76. The molecule has 1 heterocycles. The van der Waals surface area contributed by atoms with E-state index in [4.69, 9.17) is 14.9 Å². The zero-order valence-electron chi connectivity index (χ0n) is 16.2. The third-order valence-corrected chi connectivity index (χ3v) is 4.50. The van der Waals surface area contributed by atoms with Crippen LogP contribution in [0.1, 0.15) is 6.92 Å². The van der Waals surface area contributed by atoms with E-state index in [2.05, 4.69) is 15.9 Å². The Morgan fingerprint density at radius 3 is 2.25 bits per heavy atom. The highest BCUT2D eigenvalue weighted by atomic mass is 32.2. The number of fused-ring (bicyclic) bond motifs is 1. The van der Waals surface area contributed by atoms with Gasteiger partial charge in [0.1, 0.15) is 5.75 Å². The van der Waals surface area contributed by atoms with Gasteiger partial charge < -0.3 is 24.7 Å². The zero-order chi connectivity index (χ0) is 21.3. The molecule has 0 spiro atoms. The first kappa shape index (κ1) is 23.3. The molecule has 8 nitrogen and oxygen atoms in total. The minimum atomic E-state index is -1.26. The number of carboxylic acid groups (broad SMARTS) is 2. The van der Waals surface area contributed by atoms with Crippen LogP contribution in [0.4, 0.5) is 5.69 Å². The van der Waals surface area contributed by atoms with Gasteiger partial charge in [0.05, 0.1) is 17.8 Å². The molecule has 28 heavy (non-hydrogen) atoms. The van der Waals surface area contributed by atoms with Crippen molar-refractivity contribution in [3.63, 3.8) is 0 Å². The molecule has 1 aromatic rings. The average molecular weight is 408 g/mol. The summed E-state index contributed by atoms with van der Waals surface area (Å²) in [6.07, 6.45) is 2.82. The summed E-state index contributed by atoms with van der Waals surface area (Å²) < 4.78 is 5.26. The number of anilines is 1. The second kappa shape index (κ2) is 11.2. The predicted molar refractivity (Wildman–Crippen MR) is 108 cm³/mol. The number of carbonyl (C=O) groups excluding carboxylic acids is 1. The first-order valence-electron chi connectivity index (χ1n) is 8.28. The highest BCUT2D eigenvalue weighted by molar-refractivity contribution is 8.03. The van der Waals surface area contributed by atoms with Gasteiger partial charge in [-0.1, -0.05) is 11.8 Å². The fourth-order valence-electron chi connectivity index (χ4n) is 2.17. The number of ketones is 1. The molecule has 1 aromatic carbocycles. The molecule has 2 N–H and O–H groups in total. The smallest absolute Gasteiger partial charge is 0.328 e. The van der Waals surface area contributed by atoms with Crippen molar-refractivity contribution >= 4 is 35.2 Å². The Labute approximate surface area is 168 Å². The van der Waals surface area contributed by atoms with Gasteiger partial charge in [-0.2, -0.15) is 0 Å². The van der Waals surface area contributed by atoms with Gasteiger partial charge in [-0.25, -0.2) is 9.59 Å². The number of carboxylic acids is 2. The Morgan fingerprint density at radius 2 is 1.79 bits per heavy atom. The number of thioether (sulfide) groups is 1. The van der Waals surface area contributed by atoms with Gasteiger partial charge in [-0.15, -0.1) is 0 Å². The molecule has 2 rings (SSSR count). The number of hydrogen-bond donors (Lipinski definition) is 2. The Hall–Kier alpha value is -2.78. The van der Waals surface area contributed by atoms with E-state index in [1.165, 1.54) is 0 Å². The maximum absolute atomic E-state index is 11.4. The molecule has 1 aliphatic heterocycles. The van der Waals surface area contributed by atoms with Crippen LogP contribution in [0.2, 0.25) is 0 Å². The minimum Gasteiger partial charge on any atom is -0.497 e. The van der Waals surface area contributed by atoms with Crippen LogP contribution in [0.15, 0.2) is 46.4 Å². The number of ether oxygens (including phenoxy) is 1. The van der Waals surface area contributed by atoms with Crippen LogP contribution < -0.4 is 9.64 Å². The fraction of sp³-hybridized carbons (Fsp3) is 0.316. The van der Waals surface area contributed by atoms with Gasteiger partial charge in [0.15, 0.2) is 5.78 Å². The van der Waals surface area contributed by atoms with E-state index in [0.717, 1.165) is 34.5 Å². The molecule has 152 valence electrons.